The molecule has 0 aliphatic carbocycles. The highest BCUT2D eigenvalue weighted by Crippen LogP contribution is 2.29. The first-order chi connectivity index (χ1) is 17.7. The summed E-state index contributed by atoms with van der Waals surface area (Å²) < 4.78 is 1.55. The van der Waals surface area contributed by atoms with Crippen molar-refractivity contribution in [3.63, 3.8) is 0 Å². The molecule has 1 aliphatic rings. The van der Waals surface area contributed by atoms with Crippen molar-refractivity contribution in [3.05, 3.63) is 63.2 Å². The van der Waals surface area contributed by atoms with Gasteiger partial charge in [-0.2, -0.15) is 0 Å². The number of aliphatic hydroxyl groups is 1. The van der Waals surface area contributed by atoms with E-state index in [-0.39, 0.29) is 29.5 Å². The maximum atomic E-state index is 13.1. The molecule has 1 atom stereocenters. The molecule has 2 N–H and O–H groups in total. The van der Waals surface area contributed by atoms with Crippen LogP contribution in [0.25, 0.3) is 33.2 Å². The first kappa shape index (κ1) is 24.4. The average Bonchev–Trinajstić information content (AvgIpc) is 2.88. The number of nitrogens with zero attached hydrogens (tertiary/aromatic N) is 5. The highest BCUT2D eigenvalue weighted by atomic mass is 16.3. The molecule has 5 rings (SSSR count). The molecular formula is C26H26N6O5. The highest BCUT2D eigenvalue weighted by molar-refractivity contribution is 6.01. The second kappa shape index (κ2) is 9.66. The number of carbonyl (C=O) groups excluding carboxylic acids is 2. The first-order valence-corrected chi connectivity index (χ1v) is 12.1. The summed E-state index contributed by atoms with van der Waals surface area (Å²) >= 11 is 0. The number of rotatable bonds is 5. The number of fused-ring (bicyclic) bond motifs is 3. The van der Waals surface area contributed by atoms with Gasteiger partial charge in [-0.15, -0.1) is 0 Å². The number of piperidine rings is 1. The number of aromatic nitrogens is 5. The van der Waals surface area contributed by atoms with E-state index in [0.717, 1.165) is 5.56 Å². The Kier molecular flexibility index (Phi) is 6.38. The summed E-state index contributed by atoms with van der Waals surface area (Å²) in [6, 6.07) is 6.88. The van der Waals surface area contributed by atoms with Crippen molar-refractivity contribution in [2.75, 3.05) is 13.1 Å². The van der Waals surface area contributed by atoms with E-state index in [4.69, 9.17) is 4.98 Å². The normalized spacial score (nSPS) is 15.3. The first-order valence-electron chi connectivity index (χ1n) is 12.1. The van der Waals surface area contributed by atoms with Gasteiger partial charge < -0.3 is 10.0 Å². The minimum Gasteiger partial charge on any atom is -0.384 e. The van der Waals surface area contributed by atoms with Gasteiger partial charge in [-0.05, 0) is 51.0 Å². The Morgan fingerprint density at radius 1 is 1.11 bits per heavy atom. The Hall–Kier alpha value is -4.25. The molecule has 11 heteroatoms. The lowest BCUT2D eigenvalue weighted by Gasteiger charge is -2.34. The SMILES string of the molecule is CC(=O)Cc1ccc(-c2ccc3ncc4c(=O)[nH]c(=O)n(C5CCN(C(=O)[C@@H](C)O)CC5)c4c3n2)cn1. The van der Waals surface area contributed by atoms with Crippen LogP contribution in [0.5, 0.6) is 0 Å². The fourth-order valence-electron chi connectivity index (χ4n) is 4.84. The van der Waals surface area contributed by atoms with Crippen LogP contribution in [0.15, 0.2) is 46.2 Å². The van der Waals surface area contributed by atoms with Crippen LogP contribution in [-0.2, 0) is 16.0 Å². The third-order valence-electron chi connectivity index (χ3n) is 6.66. The predicted molar refractivity (Wildman–Crippen MR) is 136 cm³/mol. The minimum atomic E-state index is -1.09. The van der Waals surface area contributed by atoms with Crippen LogP contribution in [-0.4, -0.2) is 65.4 Å². The van der Waals surface area contributed by atoms with Crippen LogP contribution < -0.4 is 11.2 Å². The number of pyridine rings is 3. The van der Waals surface area contributed by atoms with Crippen LogP contribution in [0.2, 0.25) is 0 Å². The van der Waals surface area contributed by atoms with Crippen LogP contribution in [0.1, 0.15) is 38.4 Å². The Bertz CT molecular complexity index is 1630. The van der Waals surface area contributed by atoms with E-state index in [1.807, 2.05) is 6.07 Å². The summed E-state index contributed by atoms with van der Waals surface area (Å²) in [5, 5.41) is 9.89. The van der Waals surface area contributed by atoms with Crippen LogP contribution in [0.3, 0.4) is 0 Å². The second-order valence-corrected chi connectivity index (χ2v) is 9.36. The van der Waals surface area contributed by atoms with Gasteiger partial charge in [-0.1, -0.05) is 0 Å². The van der Waals surface area contributed by atoms with Gasteiger partial charge in [0.05, 0.1) is 22.1 Å². The fourth-order valence-corrected chi connectivity index (χ4v) is 4.84. The van der Waals surface area contributed by atoms with Gasteiger partial charge in [0, 0.05) is 49.2 Å². The predicted octanol–water partition coefficient (Wildman–Crippen LogP) is 1.37. The van der Waals surface area contributed by atoms with E-state index in [1.165, 1.54) is 20.0 Å². The lowest BCUT2D eigenvalue weighted by atomic mass is 10.0. The number of aromatic amines is 1. The second-order valence-electron chi connectivity index (χ2n) is 9.36. The number of carbonyl (C=O) groups is 2. The number of likely N-dealkylation sites (tertiary alicyclic amines) is 1. The number of aliphatic hydroxyl groups excluding tert-OH is 1. The summed E-state index contributed by atoms with van der Waals surface area (Å²) in [5.74, 6) is -0.327. The van der Waals surface area contributed by atoms with Gasteiger partial charge in [-0.25, -0.2) is 9.78 Å². The van der Waals surface area contributed by atoms with E-state index in [9.17, 15) is 24.3 Å². The number of nitrogens with one attached hydrogen (secondary N) is 1. The van der Waals surface area contributed by atoms with Gasteiger partial charge in [-0.3, -0.25) is 33.9 Å². The van der Waals surface area contributed by atoms with E-state index < -0.39 is 17.4 Å². The highest BCUT2D eigenvalue weighted by Gasteiger charge is 2.28. The lowest BCUT2D eigenvalue weighted by Crippen LogP contribution is -2.45. The molecule has 0 radical (unpaired) electrons. The molecule has 190 valence electrons. The number of H-pyrrole nitrogens is 1. The van der Waals surface area contributed by atoms with Gasteiger partial charge in [0.1, 0.15) is 17.4 Å². The molecular weight excluding hydrogens is 476 g/mol. The summed E-state index contributed by atoms with van der Waals surface area (Å²) in [6.45, 7) is 3.70. The third-order valence-corrected chi connectivity index (χ3v) is 6.66. The molecule has 1 aliphatic heterocycles. The smallest absolute Gasteiger partial charge is 0.329 e. The third kappa shape index (κ3) is 4.65. The Balaban J connectivity index is 1.61. The molecule has 0 bridgehead atoms. The van der Waals surface area contributed by atoms with E-state index in [0.29, 0.717) is 53.9 Å². The Morgan fingerprint density at radius 3 is 2.51 bits per heavy atom. The molecule has 5 heterocycles. The molecule has 1 fully saturated rings. The topological polar surface area (TPSA) is 151 Å². The summed E-state index contributed by atoms with van der Waals surface area (Å²) in [4.78, 5) is 66.9. The summed E-state index contributed by atoms with van der Waals surface area (Å²) in [7, 11) is 0. The molecule has 11 nitrogen and oxygen atoms in total. The van der Waals surface area contributed by atoms with Crippen molar-refractivity contribution in [1.82, 2.24) is 29.4 Å². The maximum absolute atomic E-state index is 13.1. The van der Waals surface area contributed by atoms with E-state index >= 15 is 0 Å². The zero-order valence-electron chi connectivity index (χ0n) is 20.5. The molecule has 4 aromatic heterocycles. The van der Waals surface area contributed by atoms with Crippen molar-refractivity contribution in [1.29, 1.82) is 0 Å². The van der Waals surface area contributed by atoms with Crippen molar-refractivity contribution in [3.8, 4) is 11.3 Å². The standard InChI is InChI=1S/C26H26N6O5/c1-14(33)11-17-4-3-16(12-27-17)20-5-6-21-22(29-20)23-19(13-28-21)24(35)30-26(37)32(23)18-7-9-31(10-8-18)25(36)15(2)34/h3-6,12-13,15,18,34H,7-11H2,1-2H3,(H,30,35,37)/t15-/m1/s1. The number of Topliss-reactive ketones (excluding diaryl/α,β-unsaturated/α-hetero) is 1. The Morgan fingerprint density at radius 2 is 1.86 bits per heavy atom. The molecule has 1 saturated heterocycles. The number of hydrogen-bond donors (Lipinski definition) is 2. The molecule has 37 heavy (non-hydrogen) atoms. The number of amides is 1. The molecule has 0 saturated carbocycles. The number of hydrogen-bond acceptors (Lipinski definition) is 8. The molecule has 4 aromatic rings. The monoisotopic (exact) mass is 502 g/mol. The lowest BCUT2D eigenvalue weighted by molar-refractivity contribution is -0.140. The summed E-state index contributed by atoms with van der Waals surface area (Å²) in [6.07, 6.45) is 3.20. The van der Waals surface area contributed by atoms with Gasteiger partial charge in [0.2, 0.25) is 0 Å². The van der Waals surface area contributed by atoms with E-state index in [1.54, 1.807) is 33.9 Å². The molecule has 0 aromatic carbocycles. The quantitative estimate of drug-likeness (QED) is 0.388. The fraction of sp³-hybridized carbons (Fsp3) is 0.346. The van der Waals surface area contributed by atoms with Crippen LogP contribution in [0, 0.1) is 0 Å². The molecule has 1 amide bonds. The van der Waals surface area contributed by atoms with Crippen LogP contribution in [0.4, 0.5) is 0 Å². The van der Waals surface area contributed by atoms with Crippen molar-refractivity contribution < 1.29 is 14.7 Å². The van der Waals surface area contributed by atoms with Crippen molar-refractivity contribution in [2.24, 2.45) is 0 Å². The number of ketones is 1. The molecule has 0 spiro atoms. The van der Waals surface area contributed by atoms with Crippen LogP contribution >= 0.6 is 0 Å². The Labute approximate surface area is 210 Å². The van der Waals surface area contributed by atoms with E-state index in [2.05, 4.69) is 15.0 Å². The maximum Gasteiger partial charge on any atom is 0.329 e. The largest absolute Gasteiger partial charge is 0.384 e. The minimum absolute atomic E-state index is 0.0193. The van der Waals surface area contributed by atoms with Gasteiger partial charge in [0.25, 0.3) is 11.5 Å². The van der Waals surface area contributed by atoms with Crippen molar-refractivity contribution in [2.45, 2.75) is 45.3 Å². The average molecular weight is 503 g/mol. The molecule has 0 unspecified atom stereocenters. The summed E-state index contributed by atoms with van der Waals surface area (Å²) in [5.41, 5.74) is 2.19. The van der Waals surface area contributed by atoms with Gasteiger partial charge in [0.15, 0.2) is 0 Å². The van der Waals surface area contributed by atoms with Crippen molar-refractivity contribution >= 4 is 33.6 Å². The zero-order valence-corrected chi connectivity index (χ0v) is 20.5. The zero-order chi connectivity index (χ0) is 26.3. The van der Waals surface area contributed by atoms with Gasteiger partial charge >= 0.3 is 5.69 Å².